The van der Waals surface area contributed by atoms with E-state index in [0.717, 1.165) is 17.9 Å². The van der Waals surface area contributed by atoms with Gasteiger partial charge in [0.05, 0.1) is 11.9 Å². The number of nitrogens with one attached hydrogen (secondary N) is 1. The number of ether oxygens (including phenoxy) is 1. The van der Waals surface area contributed by atoms with Crippen molar-refractivity contribution < 1.29 is 9.53 Å². The maximum atomic E-state index is 10.8. The van der Waals surface area contributed by atoms with E-state index in [-0.39, 0.29) is 12.6 Å². The molecule has 7 heteroatoms. The quantitative estimate of drug-likeness (QED) is 0.798. The molecule has 0 saturated carbocycles. The third kappa shape index (κ3) is 3.38. The largest absolute Gasteiger partial charge is 0.492 e. The highest BCUT2D eigenvalue weighted by Crippen LogP contribution is 2.23. The molecule has 1 aliphatic rings. The number of para-hydroxylation sites is 1. The number of nitrogens with two attached hydrogens (primary N) is 1. The van der Waals surface area contributed by atoms with Gasteiger partial charge in [-0.3, -0.25) is 4.79 Å². The van der Waals surface area contributed by atoms with Gasteiger partial charge >= 0.3 is 0 Å². The second kappa shape index (κ2) is 5.92. The number of benzene rings is 1. The predicted octanol–water partition coefficient (Wildman–Crippen LogP) is -0.143. The van der Waals surface area contributed by atoms with Crippen LogP contribution in [0.4, 0.5) is 0 Å². The summed E-state index contributed by atoms with van der Waals surface area (Å²) in [5, 5.41) is 11.2. The fourth-order valence-corrected chi connectivity index (χ4v) is 2.36. The van der Waals surface area contributed by atoms with Crippen molar-refractivity contribution in [2.24, 2.45) is 5.73 Å². The van der Waals surface area contributed by atoms with Crippen LogP contribution in [-0.2, 0) is 24.3 Å². The van der Waals surface area contributed by atoms with Crippen molar-refractivity contribution in [3.05, 3.63) is 41.7 Å². The van der Waals surface area contributed by atoms with Gasteiger partial charge in [-0.25, -0.2) is 4.68 Å². The van der Waals surface area contributed by atoms with Crippen LogP contribution in [0.3, 0.4) is 0 Å². The lowest BCUT2D eigenvalue weighted by Gasteiger charge is -2.25. The zero-order valence-electron chi connectivity index (χ0n) is 11.5. The first-order valence-electron chi connectivity index (χ1n) is 6.82. The van der Waals surface area contributed by atoms with E-state index < -0.39 is 5.91 Å². The number of hydrogen-bond acceptors (Lipinski definition) is 5. The van der Waals surface area contributed by atoms with Crippen molar-refractivity contribution in [3.63, 3.8) is 0 Å². The fraction of sp³-hybridized carbons (Fsp3) is 0.357. The van der Waals surface area contributed by atoms with E-state index >= 15 is 0 Å². The zero-order valence-corrected chi connectivity index (χ0v) is 11.5. The van der Waals surface area contributed by atoms with E-state index in [1.807, 2.05) is 18.2 Å². The lowest BCUT2D eigenvalue weighted by molar-refractivity contribution is -0.118. The first-order chi connectivity index (χ1) is 10.2. The standard InChI is InChI=1S/C14H17N5O2/c15-14(20)8-19-7-12(17-18-19)6-16-11-5-10-3-1-2-4-13(10)21-9-11/h1-4,7,11,16H,5-6,8-9H2,(H2,15,20). The van der Waals surface area contributed by atoms with Gasteiger partial charge in [0, 0.05) is 12.6 Å². The lowest BCUT2D eigenvalue weighted by Crippen LogP contribution is -2.38. The highest BCUT2D eigenvalue weighted by molar-refractivity contribution is 5.73. The number of nitrogens with zero attached hydrogens (tertiary/aromatic N) is 3. The third-order valence-corrected chi connectivity index (χ3v) is 3.35. The van der Waals surface area contributed by atoms with Crippen LogP contribution in [0.1, 0.15) is 11.3 Å². The maximum absolute atomic E-state index is 10.8. The van der Waals surface area contributed by atoms with Gasteiger partial charge < -0.3 is 15.8 Å². The van der Waals surface area contributed by atoms with Gasteiger partial charge in [0.15, 0.2) is 0 Å². The maximum Gasteiger partial charge on any atom is 0.239 e. The molecule has 7 nitrogen and oxygen atoms in total. The summed E-state index contributed by atoms with van der Waals surface area (Å²) >= 11 is 0. The average Bonchev–Trinajstić information content (AvgIpc) is 2.91. The molecule has 1 unspecified atom stereocenters. The molecule has 21 heavy (non-hydrogen) atoms. The SMILES string of the molecule is NC(=O)Cn1cc(CNC2COc3ccccc3C2)nn1. The Morgan fingerprint density at radius 2 is 2.33 bits per heavy atom. The minimum atomic E-state index is -0.434. The monoisotopic (exact) mass is 287 g/mol. The summed E-state index contributed by atoms with van der Waals surface area (Å²) in [7, 11) is 0. The van der Waals surface area contributed by atoms with Gasteiger partial charge in [-0.15, -0.1) is 5.10 Å². The second-order valence-corrected chi connectivity index (χ2v) is 5.07. The van der Waals surface area contributed by atoms with Crippen LogP contribution < -0.4 is 15.8 Å². The van der Waals surface area contributed by atoms with Crippen LogP contribution in [-0.4, -0.2) is 33.5 Å². The van der Waals surface area contributed by atoms with Gasteiger partial charge in [-0.2, -0.15) is 0 Å². The number of rotatable bonds is 5. The molecule has 0 fully saturated rings. The molecule has 1 amide bonds. The van der Waals surface area contributed by atoms with Crippen molar-refractivity contribution in [1.82, 2.24) is 20.3 Å². The Morgan fingerprint density at radius 3 is 3.19 bits per heavy atom. The van der Waals surface area contributed by atoms with Crippen molar-refractivity contribution in [2.45, 2.75) is 25.6 Å². The van der Waals surface area contributed by atoms with Crippen LogP contribution in [0, 0.1) is 0 Å². The number of fused-ring (bicyclic) bond motifs is 1. The van der Waals surface area contributed by atoms with Crippen LogP contribution in [0.2, 0.25) is 0 Å². The molecule has 1 aliphatic heterocycles. The molecule has 1 aromatic carbocycles. The minimum Gasteiger partial charge on any atom is -0.492 e. The number of primary amides is 1. The summed E-state index contributed by atoms with van der Waals surface area (Å²) < 4.78 is 7.15. The molecule has 2 heterocycles. The van der Waals surface area contributed by atoms with Crippen LogP contribution in [0.25, 0.3) is 0 Å². The Bertz CT molecular complexity index is 640. The Balaban J connectivity index is 1.54. The molecule has 0 radical (unpaired) electrons. The van der Waals surface area contributed by atoms with Gasteiger partial charge in [0.25, 0.3) is 0 Å². The molecule has 0 spiro atoms. The predicted molar refractivity (Wildman–Crippen MR) is 75.5 cm³/mol. The van der Waals surface area contributed by atoms with E-state index in [0.29, 0.717) is 13.2 Å². The summed E-state index contributed by atoms with van der Waals surface area (Å²) in [6.07, 6.45) is 2.64. The van der Waals surface area contributed by atoms with Gasteiger partial charge in [0.2, 0.25) is 5.91 Å². The Hall–Kier alpha value is -2.41. The van der Waals surface area contributed by atoms with Crippen LogP contribution >= 0.6 is 0 Å². The highest BCUT2D eigenvalue weighted by Gasteiger charge is 2.19. The number of aromatic nitrogens is 3. The lowest BCUT2D eigenvalue weighted by atomic mass is 10.0. The first kappa shape index (κ1) is 13.6. The van der Waals surface area contributed by atoms with Crippen molar-refractivity contribution in [2.75, 3.05) is 6.61 Å². The smallest absolute Gasteiger partial charge is 0.239 e. The molecule has 3 N–H and O–H groups in total. The van der Waals surface area contributed by atoms with Crippen LogP contribution in [0.5, 0.6) is 5.75 Å². The number of hydrogen-bond donors (Lipinski definition) is 2. The average molecular weight is 287 g/mol. The van der Waals surface area contributed by atoms with E-state index in [1.54, 1.807) is 6.20 Å². The zero-order chi connectivity index (χ0) is 14.7. The number of amides is 1. The molecule has 1 aromatic heterocycles. The number of carbonyl (C=O) groups excluding carboxylic acids is 1. The van der Waals surface area contributed by atoms with Gasteiger partial charge in [0.1, 0.15) is 18.9 Å². The normalized spacial score (nSPS) is 17.0. The van der Waals surface area contributed by atoms with E-state index in [9.17, 15) is 4.79 Å². The fourth-order valence-electron chi connectivity index (χ4n) is 2.36. The van der Waals surface area contributed by atoms with E-state index in [2.05, 4.69) is 21.7 Å². The van der Waals surface area contributed by atoms with Crippen LogP contribution in [0.15, 0.2) is 30.5 Å². The molecule has 110 valence electrons. The molecule has 3 rings (SSSR count). The van der Waals surface area contributed by atoms with E-state index in [1.165, 1.54) is 10.2 Å². The summed E-state index contributed by atoms with van der Waals surface area (Å²) in [4.78, 5) is 10.8. The Morgan fingerprint density at radius 1 is 1.48 bits per heavy atom. The minimum absolute atomic E-state index is 0.0485. The van der Waals surface area contributed by atoms with Crippen molar-refractivity contribution in [1.29, 1.82) is 0 Å². The molecule has 0 bridgehead atoms. The van der Waals surface area contributed by atoms with Gasteiger partial charge in [-0.1, -0.05) is 23.4 Å². The second-order valence-electron chi connectivity index (χ2n) is 5.07. The Labute approximate surface area is 122 Å². The first-order valence-corrected chi connectivity index (χ1v) is 6.82. The molecular formula is C14H17N5O2. The molecular weight excluding hydrogens is 270 g/mol. The van der Waals surface area contributed by atoms with E-state index in [4.69, 9.17) is 10.5 Å². The van der Waals surface area contributed by atoms with Crippen molar-refractivity contribution in [3.8, 4) is 5.75 Å². The highest BCUT2D eigenvalue weighted by atomic mass is 16.5. The molecule has 2 aromatic rings. The molecule has 0 saturated heterocycles. The number of carbonyl (C=O) groups is 1. The third-order valence-electron chi connectivity index (χ3n) is 3.35. The molecule has 0 aliphatic carbocycles. The van der Waals surface area contributed by atoms with Gasteiger partial charge in [-0.05, 0) is 18.1 Å². The summed E-state index contributed by atoms with van der Waals surface area (Å²) in [5.41, 5.74) is 7.09. The summed E-state index contributed by atoms with van der Waals surface area (Å²) in [6.45, 7) is 1.26. The summed E-state index contributed by atoms with van der Waals surface area (Å²) in [6, 6.07) is 8.29. The van der Waals surface area contributed by atoms with Crippen molar-refractivity contribution >= 4 is 5.91 Å². The molecule has 1 atom stereocenters. The summed E-state index contributed by atoms with van der Waals surface area (Å²) in [5.74, 6) is 0.527. The topological polar surface area (TPSA) is 95.1 Å². The Kier molecular flexibility index (Phi) is 3.83.